The average molecular weight is 312 g/mol. The Hall–Kier alpha value is -1.94. The van der Waals surface area contributed by atoms with Crippen LogP contribution in [0.3, 0.4) is 0 Å². The zero-order valence-electron chi connectivity index (χ0n) is 12.7. The van der Waals surface area contributed by atoms with Gasteiger partial charge in [-0.25, -0.2) is 0 Å². The molecule has 0 bridgehead atoms. The number of hydrogen-bond donors (Lipinski definition) is 0. The van der Waals surface area contributed by atoms with E-state index in [1.807, 2.05) is 53.1 Å². The summed E-state index contributed by atoms with van der Waals surface area (Å²) in [5, 5.41) is 0. The number of thioether (sulfide) groups is 1. The van der Waals surface area contributed by atoms with Crippen molar-refractivity contribution in [1.82, 2.24) is 0 Å². The van der Waals surface area contributed by atoms with Crippen molar-refractivity contribution in [2.45, 2.75) is 11.8 Å². The lowest BCUT2D eigenvalue weighted by atomic mass is 10.2. The van der Waals surface area contributed by atoms with E-state index in [4.69, 9.17) is 0 Å². The normalized spacial score (nSPS) is 13.6. The van der Waals surface area contributed by atoms with Gasteiger partial charge in [0.15, 0.2) is 0 Å². The van der Waals surface area contributed by atoms with Gasteiger partial charge in [-0.1, -0.05) is 30.3 Å². The summed E-state index contributed by atoms with van der Waals surface area (Å²) in [4.78, 5) is 18.0. The maximum atomic E-state index is 12.8. The van der Waals surface area contributed by atoms with E-state index < -0.39 is 0 Å². The minimum atomic E-state index is 0.165. The van der Waals surface area contributed by atoms with E-state index in [0.717, 1.165) is 30.2 Å². The molecule has 0 radical (unpaired) electrons. The number of anilines is 2. The lowest BCUT2D eigenvalue weighted by Gasteiger charge is -2.31. The largest absolute Gasteiger partial charge is 0.362 e. The Kier molecular flexibility index (Phi) is 4.68. The smallest absolute Gasteiger partial charge is 0.246 e. The number of likely N-dealkylation sites (N-methyl/N-ethyl adjacent to an activating group) is 1. The Morgan fingerprint density at radius 3 is 2.64 bits per heavy atom. The summed E-state index contributed by atoms with van der Waals surface area (Å²) in [5.41, 5.74) is 2.14. The Labute approximate surface area is 135 Å². The lowest BCUT2D eigenvalue weighted by Crippen LogP contribution is -2.43. The summed E-state index contributed by atoms with van der Waals surface area (Å²) in [6.45, 7) is 4.10. The van der Waals surface area contributed by atoms with Crippen molar-refractivity contribution in [3.63, 3.8) is 0 Å². The number of amides is 1. The van der Waals surface area contributed by atoms with Crippen LogP contribution in [0.1, 0.15) is 6.92 Å². The predicted molar refractivity (Wildman–Crippen MR) is 93.8 cm³/mol. The van der Waals surface area contributed by atoms with Crippen LogP contribution in [0.2, 0.25) is 0 Å². The Balaban J connectivity index is 1.77. The molecule has 0 aliphatic carbocycles. The number of carbonyl (C=O) groups excluding carboxylic acids is 1. The van der Waals surface area contributed by atoms with Crippen LogP contribution in [0.4, 0.5) is 11.4 Å². The number of benzene rings is 2. The summed E-state index contributed by atoms with van der Waals surface area (Å²) >= 11 is 1.82. The zero-order chi connectivity index (χ0) is 15.4. The summed E-state index contributed by atoms with van der Waals surface area (Å²) in [7, 11) is 0. The fourth-order valence-corrected chi connectivity index (χ4v) is 3.70. The highest BCUT2D eigenvalue weighted by Crippen LogP contribution is 2.34. The summed E-state index contributed by atoms with van der Waals surface area (Å²) in [5.74, 6) is 1.12. The zero-order valence-corrected chi connectivity index (χ0v) is 13.6. The molecule has 0 saturated carbocycles. The molecule has 1 aliphatic rings. The van der Waals surface area contributed by atoms with E-state index in [2.05, 4.69) is 30.0 Å². The topological polar surface area (TPSA) is 23.6 Å². The molecular weight excluding hydrogens is 292 g/mol. The third kappa shape index (κ3) is 3.12. The Morgan fingerprint density at radius 2 is 1.86 bits per heavy atom. The SMILES string of the molecule is CCN(CC(=O)N1CCSc2ccccc21)c1ccccc1. The second-order valence-corrected chi connectivity index (χ2v) is 6.35. The maximum absolute atomic E-state index is 12.8. The molecule has 3 nitrogen and oxygen atoms in total. The van der Waals surface area contributed by atoms with Gasteiger partial charge in [-0.2, -0.15) is 0 Å². The Bertz CT molecular complexity index is 645. The molecule has 1 heterocycles. The van der Waals surface area contributed by atoms with Gasteiger partial charge in [0.05, 0.1) is 12.2 Å². The van der Waals surface area contributed by atoms with E-state index in [1.54, 1.807) is 0 Å². The monoisotopic (exact) mass is 312 g/mol. The van der Waals surface area contributed by atoms with E-state index in [0.29, 0.717) is 6.54 Å². The fourth-order valence-electron chi connectivity index (χ4n) is 2.70. The quantitative estimate of drug-likeness (QED) is 0.861. The minimum absolute atomic E-state index is 0.165. The first kappa shape index (κ1) is 15.0. The second-order valence-electron chi connectivity index (χ2n) is 5.21. The van der Waals surface area contributed by atoms with E-state index in [9.17, 15) is 4.79 Å². The molecule has 0 fully saturated rings. The third-order valence-corrected chi connectivity index (χ3v) is 4.90. The molecule has 0 atom stereocenters. The van der Waals surface area contributed by atoms with Crippen molar-refractivity contribution >= 4 is 29.0 Å². The highest BCUT2D eigenvalue weighted by molar-refractivity contribution is 7.99. The molecule has 0 unspecified atom stereocenters. The van der Waals surface area contributed by atoms with Gasteiger partial charge in [-0.15, -0.1) is 11.8 Å². The van der Waals surface area contributed by atoms with Gasteiger partial charge < -0.3 is 9.80 Å². The molecule has 2 aromatic rings. The molecule has 0 spiro atoms. The first-order valence-electron chi connectivity index (χ1n) is 7.62. The molecule has 0 aromatic heterocycles. The maximum Gasteiger partial charge on any atom is 0.246 e. The van der Waals surface area contributed by atoms with Crippen molar-refractivity contribution in [2.75, 3.05) is 35.2 Å². The van der Waals surface area contributed by atoms with Crippen LogP contribution in [-0.4, -0.2) is 31.3 Å². The standard InChI is InChI=1S/C18H20N2OS/c1-2-19(15-8-4-3-5-9-15)14-18(21)20-12-13-22-17-11-7-6-10-16(17)20/h3-11H,2,12-14H2,1H3. The lowest BCUT2D eigenvalue weighted by molar-refractivity contribution is -0.117. The van der Waals surface area contributed by atoms with Crippen molar-refractivity contribution in [3.05, 3.63) is 54.6 Å². The molecule has 1 amide bonds. The number of carbonyl (C=O) groups is 1. The first-order valence-corrected chi connectivity index (χ1v) is 8.60. The van der Waals surface area contributed by atoms with Crippen LogP contribution in [0.25, 0.3) is 0 Å². The molecule has 2 aromatic carbocycles. The van der Waals surface area contributed by atoms with Gasteiger partial charge in [-0.3, -0.25) is 4.79 Å². The van der Waals surface area contributed by atoms with Gasteiger partial charge in [0, 0.05) is 29.4 Å². The van der Waals surface area contributed by atoms with E-state index in [1.165, 1.54) is 4.90 Å². The molecule has 3 rings (SSSR count). The summed E-state index contributed by atoms with van der Waals surface area (Å²) in [6.07, 6.45) is 0. The highest BCUT2D eigenvalue weighted by Gasteiger charge is 2.23. The van der Waals surface area contributed by atoms with E-state index >= 15 is 0 Å². The molecular formula is C18H20N2OS. The molecule has 22 heavy (non-hydrogen) atoms. The summed E-state index contributed by atoms with van der Waals surface area (Å²) in [6, 6.07) is 18.3. The van der Waals surface area contributed by atoms with E-state index in [-0.39, 0.29) is 5.91 Å². The highest BCUT2D eigenvalue weighted by atomic mass is 32.2. The van der Waals surface area contributed by atoms with Crippen molar-refractivity contribution < 1.29 is 4.79 Å². The molecule has 4 heteroatoms. The minimum Gasteiger partial charge on any atom is -0.362 e. The third-order valence-electron chi connectivity index (χ3n) is 3.86. The number of rotatable bonds is 4. The number of para-hydroxylation sites is 2. The number of nitrogens with zero attached hydrogens (tertiary/aromatic N) is 2. The Morgan fingerprint density at radius 1 is 1.14 bits per heavy atom. The fraction of sp³-hybridized carbons (Fsp3) is 0.278. The molecule has 114 valence electrons. The summed E-state index contributed by atoms with van der Waals surface area (Å²) < 4.78 is 0. The predicted octanol–water partition coefficient (Wildman–Crippen LogP) is 3.65. The van der Waals surface area contributed by atoms with Crippen LogP contribution in [0.15, 0.2) is 59.5 Å². The van der Waals surface area contributed by atoms with Crippen molar-refractivity contribution in [2.24, 2.45) is 0 Å². The molecule has 1 aliphatic heterocycles. The molecule has 0 N–H and O–H groups in total. The van der Waals surface area contributed by atoms with Gasteiger partial charge in [0.1, 0.15) is 0 Å². The molecule has 0 saturated heterocycles. The van der Waals surface area contributed by atoms with Crippen LogP contribution < -0.4 is 9.80 Å². The van der Waals surface area contributed by atoms with Gasteiger partial charge in [0.25, 0.3) is 0 Å². The van der Waals surface area contributed by atoms with Crippen LogP contribution in [0.5, 0.6) is 0 Å². The average Bonchev–Trinajstić information content (AvgIpc) is 2.59. The van der Waals surface area contributed by atoms with Crippen LogP contribution in [-0.2, 0) is 4.79 Å². The number of fused-ring (bicyclic) bond motifs is 1. The van der Waals surface area contributed by atoms with Gasteiger partial charge in [-0.05, 0) is 31.2 Å². The van der Waals surface area contributed by atoms with Crippen molar-refractivity contribution in [1.29, 1.82) is 0 Å². The van der Waals surface area contributed by atoms with Crippen molar-refractivity contribution in [3.8, 4) is 0 Å². The van der Waals surface area contributed by atoms with Gasteiger partial charge >= 0.3 is 0 Å². The second kappa shape index (κ2) is 6.88. The van der Waals surface area contributed by atoms with Crippen LogP contribution in [0, 0.1) is 0 Å². The first-order chi connectivity index (χ1) is 10.8. The van der Waals surface area contributed by atoms with Gasteiger partial charge in [0.2, 0.25) is 5.91 Å². The number of hydrogen-bond acceptors (Lipinski definition) is 3. The van der Waals surface area contributed by atoms with Crippen LogP contribution >= 0.6 is 11.8 Å².